The van der Waals surface area contributed by atoms with Crippen LogP contribution in [0, 0.1) is 6.92 Å². The number of esters is 1. The quantitative estimate of drug-likeness (QED) is 0.621. The predicted molar refractivity (Wildman–Crippen MR) is 96.0 cm³/mol. The van der Waals surface area contributed by atoms with Gasteiger partial charge in [0.1, 0.15) is 5.82 Å². The van der Waals surface area contributed by atoms with Gasteiger partial charge in [-0.2, -0.15) is 0 Å². The first-order chi connectivity index (χ1) is 11.5. The van der Waals surface area contributed by atoms with Gasteiger partial charge in [0.05, 0.1) is 29.7 Å². The normalized spacial score (nSPS) is 11.0. The first kappa shape index (κ1) is 16.8. The first-order valence-corrected chi connectivity index (χ1v) is 8.33. The van der Waals surface area contributed by atoms with Crippen LogP contribution in [0.2, 0.25) is 10.0 Å². The number of hydrogen-bond acceptors (Lipinski definition) is 3. The average Bonchev–Trinajstić information content (AvgIpc) is 2.86. The van der Waals surface area contributed by atoms with Gasteiger partial charge in [0.15, 0.2) is 0 Å². The zero-order chi connectivity index (χ0) is 17.3. The summed E-state index contributed by atoms with van der Waals surface area (Å²) in [5.41, 5.74) is 2.97. The Morgan fingerprint density at radius 1 is 1.21 bits per heavy atom. The van der Waals surface area contributed by atoms with E-state index in [1.165, 1.54) is 0 Å². The molecule has 0 aliphatic rings. The van der Waals surface area contributed by atoms with Crippen LogP contribution in [0.1, 0.15) is 28.7 Å². The second-order valence-corrected chi connectivity index (χ2v) is 6.18. The zero-order valence-corrected chi connectivity index (χ0v) is 14.9. The third kappa shape index (κ3) is 3.12. The fourth-order valence-electron chi connectivity index (χ4n) is 2.63. The van der Waals surface area contributed by atoms with E-state index >= 15 is 0 Å². The van der Waals surface area contributed by atoms with Gasteiger partial charge in [0.2, 0.25) is 0 Å². The van der Waals surface area contributed by atoms with Crippen molar-refractivity contribution < 1.29 is 9.53 Å². The Morgan fingerprint density at radius 2 is 1.92 bits per heavy atom. The molecule has 0 aliphatic carbocycles. The van der Waals surface area contributed by atoms with E-state index in [0.717, 1.165) is 22.4 Å². The molecule has 0 N–H and O–H groups in total. The number of benzene rings is 2. The smallest absolute Gasteiger partial charge is 0.338 e. The number of carbonyl (C=O) groups is 1. The van der Waals surface area contributed by atoms with Crippen molar-refractivity contribution in [3.05, 3.63) is 63.4 Å². The molecule has 0 radical (unpaired) electrons. The minimum atomic E-state index is -0.347. The zero-order valence-electron chi connectivity index (χ0n) is 13.3. The molecule has 0 saturated heterocycles. The highest BCUT2D eigenvalue weighted by Crippen LogP contribution is 2.27. The Balaban J connectivity index is 2.08. The van der Waals surface area contributed by atoms with Crippen LogP contribution in [0.5, 0.6) is 0 Å². The van der Waals surface area contributed by atoms with Crippen molar-refractivity contribution in [3.8, 4) is 0 Å². The van der Waals surface area contributed by atoms with E-state index < -0.39 is 0 Å². The van der Waals surface area contributed by atoms with Gasteiger partial charge in [-0.15, -0.1) is 0 Å². The number of imidazole rings is 1. The van der Waals surface area contributed by atoms with E-state index in [1.807, 2.05) is 23.6 Å². The van der Waals surface area contributed by atoms with Crippen LogP contribution in [0.25, 0.3) is 11.0 Å². The molecule has 2 aromatic carbocycles. The molecule has 0 saturated carbocycles. The summed E-state index contributed by atoms with van der Waals surface area (Å²) in [6.45, 7) is 4.51. The number of fused-ring (bicyclic) bond motifs is 1. The van der Waals surface area contributed by atoms with E-state index in [4.69, 9.17) is 27.9 Å². The Bertz CT molecular complexity index is 899. The molecule has 4 nitrogen and oxygen atoms in total. The van der Waals surface area contributed by atoms with Crippen molar-refractivity contribution in [1.82, 2.24) is 9.55 Å². The summed E-state index contributed by atoms with van der Waals surface area (Å²) >= 11 is 12.6. The molecule has 3 rings (SSSR count). The molecule has 0 spiro atoms. The molecular formula is C18H16Cl2N2O2. The van der Waals surface area contributed by atoms with Gasteiger partial charge in [-0.1, -0.05) is 29.3 Å². The van der Waals surface area contributed by atoms with Gasteiger partial charge in [-0.25, -0.2) is 9.78 Å². The Hall–Kier alpha value is -2.04. The number of rotatable bonds is 4. The van der Waals surface area contributed by atoms with Gasteiger partial charge in [-0.05, 0) is 44.2 Å². The van der Waals surface area contributed by atoms with Crippen LogP contribution in [-0.4, -0.2) is 22.1 Å². The topological polar surface area (TPSA) is 44.1 Å². The number of hydrogen-bond donors (Lipinski definition) is 0. The Labute approximate surface area is 150 Å². The molecule has 1 heterocycles. The molecule has 124 valence electrons. The minimum Gasteiger partial charge on any atom is -0.462 e. The summed E-state index contributed by atoms with van der Waals surface area (Å²) in [4.78, 5) is 16.5. The standard InChI is InChI=1S/C18H16Cl2N2O2/c1-3-24-18(23)12-7-8-16-17(9-12)22(11(2)21-16)10-13-14(19)5-4-6-15(13)20/h4-9H,3,10H2,1-2H3. The van der Waals surface area contributed by atoms with Crippen LogP contribution in [-0.2, 0) is 11.3 Å². The number of aryl methyl sites for hydroxylation is 1. The third-order valence-electron chi connectivity index (χ3n) is 3.83. The molecule has 6 heteroatoms. The van der Waals surface area contributed by atoms with Crippen molar-refractivity contribution in [2.75, 3.05) is 6.61 Å². The fourth-order valence-corrected chi connectivity index (χ4v) is 3.14. The van der Waals surface area contributed by atoms with Crippen LogP contribution < -0.4 is 0 Å². The molecule has 0 atom stereocenters. The van der Waals surface area contributed by atoms with Crippen molar-refractivity contribution in [3.63, 3.8) is 0 Å². The molecule has 0 bridgehead atoms. The number of halogens is 2. The predicted octanol–water partition coefficient (Wildman–Crippen LogP) is 4.88. The second-order valence-electron chi connectivity index (χ2n) is 5.37. The van der Waals surface area contributed by atoms with Gasteiger partial charge >= 0.3 is 5.97 Å². The number of carbonyl (C=O) groups excluding carboxylic acids is 1. The maximum atomic E-state index is 12.0. The maximum Gasteiger partial charge on any atom is 0.338 e. The lowest BCUT2D eigenvalue weighted by Crippen LogP contribution is -2.06. The summed E-state index contributed by atoms with van der Waals surface area (Å²) in [6.07, 6.45) is 0. The minimum absolute atomic E-state index is 0.338. The molecule has 0 aliphatic heterocycles. The van der Waals surface area contributed by atoms with Crippen LogP contribution in [0.4, 0.5) is 0 Å². The van der Waals surface area contributed by atoms with Crippen LogP contribution in [0.3, 0.4) is 0 Å². The van der Waals surface area contributed by atoms with Crippen molar-refractivity contribution in [2.24, 2.45) is 0 Å². The maximum absolute atomic E-state index is 12.0. The van der Waals surface area contributed by atoms with Crippen LogP contribution >= 0.6 is 23.2 Å². The summed E-state index contributed by atoms with van der Waals surface area (Å²) in [5.74, 6) is 0.475. The van der Waals surface area contributed by atoms with Gasteiger partial charge in [-0.3, -0.25) is 0 Å². The molecule has 1 aromatic heterocycles. The molecule has 3 aromatic rings. The highest BCUT2D eigenvalue weighted by molar-refractivity contribution is 6.36. The number of aromatic nitrogens is 2. The van der Waals surface area contributed by atoms with E-state index in [1.54, 1.807) is 31.2 Å². The summed E-state index contributed by atoms with van der Waals surface area (Å²) in [7, 11) is 0. The Kier molecular flexibility index (Phi) is 4.78. The van der Waals surface area contributed by atoms with E-state index in [0.29, 0.717) is 28.8 Å². The summed E-state index contributed by atoms with van der Waals surface area (Å²) in [6, 6.07) is 10.8. The lowest BCUT2D eigenvalue weighted by Gasteiger charge is -2.11. The second kappa shape index (κ2) is 6.83. The highest BCUT2D eigenvalue weighted by Gasteiger charge is 2.14. The highest BCUT2D eigenvalue weighted by atomic mass is 35.5. The van der Waals surface area contributed by atoms with Crippen molar-refractivity contribution in [1.29, 1.82) is 0 Å². The van der Waals surface area contributed by atoms with E-state index in [2.05, 4.69) is 4.98 Å². The summed E-state index contributed by atoms with van der Waals surface area (Å²) in [5, 5.41) is 1.20. The largest absolute Gasteiger partial charge is 0.462 e. The first-order valence-electron chi connectivity index (χ1n) is 7.58. The molecule has 24 heavy (non-hydrogen) atoms. The van der Waals surface area contributed by atoms with Gasteiger partial charge < -0.3 is 9.30 Å². The average molecular weight is 363 g/mol. The van der Waals surface area contributed by atoms with Crippen LogP contribution in [0.15, 0.2) is 36.4 Å². The molecule has 0 amide bonds. The van der Waals surface area contributed by atoms with Crippen molar-refractivity contribution >= 4 is 40.2 Å². The lowest BCUT2D eigenvalue weighted by molar-refractivity contribution is 0.0526. The molecule has 0 unspecified atom stereocenters. The third-order valence-corrected chi connectivity index (χ3v) is 4.54. The number of nitrogens with zero attached hydrogens (tertiary/aromatic N) is 2. The summed E-state index contributed by atoms with van der Waals surface area (Å²) < 4.78 is 7.06. The van der Waals surface area contributed by atoms with E-state index in [9.17, 15) is 4.79 Å². The van der Waals surface area contributed by atoms with Gasteiger partial charge in [0, 0.05) is 15.6 Å². The van der Waals surface area contributed by atoms with Gasteiger partial charge in [0.25, 0.3) is 0 Å². The SMILES string of the molecule is CCOC(=O)c1ccc2nc(C)n(Cc3c(Cl)cccc3Cl)c2c1. The van der Waals surface area contributed by atoms with E-state index in [-0.39, 0.29) is 5.97 Å². The van der Waals surface area contributed by atoms with Crippen molar-refractivity contribution in [2.45, 2.75) is 20.4 Å². The Morgan fingerprint density at radius 3 is 2.58 bits per heavy atom. The lowest BCUT2D eigenvalue weighted by atomic mass is 10.2. The molecular weight excluding hydrogens is 347 g/mol. The monoisotopic (exact) mass is 362 g/mol. The fraction of sp³-hybridized carbons (Fsp3) is 0.222. The number of ether oxygens (including phenoxy) is 1. The molecule has 0 fully saturated rings.